The third-order valence-corrected chi connectivity index (χ3v) is 2.49. The van der Waals surface area contributed by atoms with Crippen molar-refractivity contribution in [3.05, 3.63) is 40.6 Å². The second-order valence-corrected chi connectivity index (χ2v) is 3.31. The molecule has 3 nitrogen and oxygen atoms in total. The van der Waals surface area contributed by atoms with Gasteiger partial charge in [0.25, 0.3) is 0 Å². The predicted molar refractivity (Wildman–Crippen MR) is 54.8 cm³/mol. The van der Waals surface area contributed by atoms with Crippen LogP contribution in [0.1, 0.15) is 10.4 Å². The Kier molecular flexibility index (Phi) is 3.21. The highest BCUT2D eigenvalue weighted by Crippen LogP contribution is 2.25. The fourth-order valence-corrected chi connectivity index (χ4v) is 1.83. The van der Waals surface area contributed by atoms with Crippen molar-refractivity contribution in [1.29, 1.82) is 5.26 Å². The largest absolute Gasteiger partial charge is 0.478 e. The van der Waals surface area contributed by atoms with E-state index in [9.17, 15) is 4.79 Å². The Hall–Kier alpha value is -1.86. The van der Waals surface area contributed by atoms with Crippen LogP contribution in [-0.2, 0) is 4.79 Å². The fourth-order valence-electron chi connectivity index (χ4n) is 0.968. The molecule has 1 N–H and O–H groups in total. The molecule has 1 aromatic rings. The molecule has 1 rings (SSSR count). The van der Waals surface area contributed by atoms with Crippen LogP contribution in [0.4, 0.5) is 0 Å². The minimum Gasteiger partial charge on any atom is -0.478 e. The number of rotatable bonds is 3. The van der Waals surface area contributed by atoms with Crippen molar-refractivity contribution in [2.24, 2.45) is 0 Å². The number of nitrogens with zero attached hydrogens (tertiary/aromatic N) is 1. The van der Waals surface area contributed by atoms with Crippen LogP contribution in [0.3, 0.4) is 0 Å². The van der Waals surface area contributed by atoms with Crippen LogP contribution in [0.25, 0.3) is 5.57 Å². The molecule has 0 unspecified atom stereocenters. The Morgan fingerprint density at radius 3 is 2.93 bits per heavy atom. The van der Waals surface area contributed by atoms with Crippen molar-refractivity contribution in [3.63, 3.8) is 0 Å². The third kappa shape index (κ3) is 1.90. The molecule has 0 saturated heterocycles. The van der Waals surface area contributed by atoms with E-state index in [0.29, 0.717) is 10.4 Å². The molecule has 1 heterocycles. The van der Waals surface area contributed by atoms with Crippen molar-refractivity contribution in [1.82, 2.24) is 0 Å². The van der Waals surface area contributed by atoms with E-state index in [4.69, 9.17) is 10.4 Å². The first kappa shape index (κ1) is 10.2. The van der Waals surface area contributed by atoms with Crippen LogP contribution in [0.5, 0.6) is 0 Å². The summed E-state index contributed by atoms with van der Waals surface area (Å²) in [6, 6.07) is 3.54. The van der Waals surface area contributed by atoms with Gasteiger partial charge in [0, 0.05) is 0 Å². The molecule has 70 valence electrons. The number of aliphatic carboxylic acids is 1. The molecule has 0 spiro atoms. The van der Waals surface area contributed by atoms with Crippen LogP contribution in [0.15, 0.2) is 30.2 Å². The quantitative estimate of drug-likeness (QED) is 0.608. The Morgan fingerprint density at radius 2 is 2.43 bits per heavy atom. The van der Waals surface area contributed by atoms with Crippen molar-refractivity contribution >= 4 is 22.9 Å². The Balaban J connectivity index is 3.26. The standard InChI is InChI=1S/C10H7NO2S/c1-2-3-8(10(12)13)9-7(6-11)4-5-14-9/h2-5H,1H2,(H,12,13)/b8-3+. The van der Waals surface area contributed by atoms with E-state index >= 15 is 0 Å². The van der Waals surface area contributed by atoms with Gasteiger partial charge in [-0.2, -0.15) is 5.26 Å². The lowest BCUT2D eigenvalue weighted by Crippen LogP contribution is -1.98. The number of hydrogen-bond donors (Lipinski definition) is 1. The lowest BCUT2D eigenvalue weighted by molar-refractivity contribution is -0.130. The van der Waals surface area contributed by atoms with Crippen molar-refractivity contribution in [2.45, 2.75) is 0 Å². The number of thiophene rings is 1. The summed E-state index contributed by atoms with van der Waals surface area (Å²) >= 11 is 1.23. The molecule has 0 saturated carbocycles. The molecular formula is C10H7NO2S. The monoisotopic (exact) mass is 205 g/mol. The van der Waals surface area contributed by atoms with Gasteiger partial charge in [-0.15, -0.1) is 11.3 Å². The van der Waals surface area contributed by atoms with Gasteiger partial charge < -0.3 is 5.11 Å². The predicted octanol–water partition coefficient (Wildman–Crippen LogP) is 2.27. The van der Waals surface area contributed by atoms with Crippen LogP contribution >= 0.6 is 11.3 Å². The average molecular weight is 205 g/mol. The lowest BCUT2D eigenvalue weighted by Gasteiger charge is -1.97. The molecule has 0 radical (unpaired) electrons. The van der Waals surface area contributed by atoms with Gasteiger partial charge in [-0.05, 0) is 17.5 Å². The van der Waals surface area contributed by atoms with Gasteiger partial charge in [0.2, 0.25) is 0 Å². The molecule has 0 aliphatic rings. The molecule has 1 aromatic heterocycles. The summed E-state index contributed by atoms with van der Waals surface area (Å²) in [6.45, 7) is 3.43. The van der Waals surface area contributed by atoms with E-state index in [-0.39, 0.29) is 5.57 Å². The van der Waals surface area contributed by atoms with E-state index < -0.39 is 5.97 Å². The number of hydrogen-bond acceptors (Lipinski definition) is 3. The van der Waals surface area contributed by atoms with Crippen molar-refractivity contribution in [2.75, 3.05) is 0 Å². The van der Waals surface area contributed by atoms with E-state index in [0.717, 1.165) is 0 Å². The first-order chi connectivity index (χ1) is 6.70. The number of allylic oxidation sites excluding steroid dienone is 2. The normalized spacial score (nSPS) is 10.6. The van der Waals surface area contributed by atoms with Crippen LogP contribution in [-0.4, -0.2) is 11.1 Å². The third-order valence-electron chi connectivity index (χ3n) is 1.55. The SMILES string of the molecule is C=C/C=C(/C(=O)O)c1sccc1C#N. The van der Waals surface area contributed by atoms with Crippen molar-refractivity contribution in [3.8, 4) is 6.07 Å². The maximum atomic E-state index is 10.8. The highest BCUT2D eigenvalue weighted by Gasteiger charge is 2.14. The number of carboxylic acid groups (broad SMARTS) is 1. The zero-order valence-corrected chi connectivity index (χ0v) is 8.04. The van der Waals surface area contributed by atoms with Gasteiger partial charge >= 0.3 is 5.97 Å². The van der Waals surface area contributed by atoms with Crippen LogP contribution in [0.2, 0.25) is 0 Å². The fraction of sp³-hybridized carbons (Fsp3) is 0. The van der Waals surface area contributed by atoms with Crippen LogP contribution in [0, 0.1) is 11.3 Å². The van der Waals surface area contributed by atoms with Gasteiger partial charge in [0.1, 0.15) is 6.07 Å². The highest BCUT2D eigenvalue weighted by atomic mass is 32.1. The summed E-state index contributed by atoms with van der Waals surface area (Å²) < 4.78 is 0. The molecule has 4 heteroatoms. The molecule has 0 atom stereocenters. The summed E-state index contributed by atoms with van der Waals surface area (Å²) in [5.74, 6) is -1.05. The number of nitriles is 1. The minimum atomic E-state index is -1.05. The van der Waals surface area contributed by atoms with E-state index in [1.165, 1.54) is 23.5 Å². The highest BCUT2D eigenvalue weighted by molar-refractivity contribution is 7.11. The Morgan fingerprint density at radius 1 is 1.71 bits per heavy atom. The summed E-state index contributed by atoms with van der Waals surface area (Å²) in [7, 11) is 0. The summed E-state index contributed by atoms with van der Waals surface area (Å²) in [5.41, 5.74) is 0.483. The maximum absolute atomic E-state index is 10.8. The van der Waals surface area contributed by atoms with Gasteiger partial charge in [-0.1, -0.05) is 12.7 Å². The summed E-state index contributed by atoms with van der Waals surface area (Å²) in [6.07, 6.45) is 2.78. The Bertz CT molecular complexity index is 437. The molecule has 0 amide bonds. The van der Waals surface area contributed by atoms with E-state index in [1.807, 2.05) is 6.07 Å². The van der Waals surface area contributed by atoms with E-state index in [1.54, 1.807) is 11.4 Å². The number of carbonyl (C=O) groups is 1. The number of carboxylic acids is 1. The second kappa shape index (κ2) is 4.40. The lowest BCUT2D eigenvalue weighted by atomic mass is 10.1. The molecule has 0 fully saturated rings. The molecule has 14 heavy (non-hydrogen) atoms. The Labute approximate surface area is 85.2 Å². The first-order valence-corrected chi connectivity index (χ1v) is 4.62. The smallest absolute Gasteiger partial charge is 0.337 e. The van der Waals surface area contributed by atoms with Gasteiger partial charge in [-0.3, -0.25) is 0 Å². The minimum absolute atomic E-state index is 0.103. The molecular weight excluding hydrogens is 198 g/mol. The van der Waals surface area contributed by atoms with E-state index in [2.05, 4.69) is 6.58 Å². The van der Waals surface area contributed by atoms with Crippen LogP contribution < -0.4 is 0 Å². The zero-order chi connectivity index (χ0) is 10.6. The first-order valence-electron chi connectivity index (χ1n) is 3.74. The summed E-state index contributed by atoms with van der Waals surface area (Å²) in [4.78, 5) is 11.3. The van der Waals surface area contributed by atoms with Gasteiger partial charge in [0.05, 0.1) is 16.0 Å². The molecule has 0 aliphatic heterocycles. The second-order valence-electron chi connectivity index (χ2n) is 2.40. The maximum Gasteiger partial charge on any atom is 0.337 e. The summed E-state index contributed by atoms with van der Waals surface area (Å²) in [5, 5.41) is 19.3. The molecule has 0 aliphatic carbocycles. The molecule has 0 aromatic carbocycles. The van der Waals surface area contributed by atoms with Gasteiger partial charge in [0.15, 0.2) is 0 Å². The van der Waals surface area contributed by atoms with Gasteiger partial charge in [-0.25, -0.2) is 4.79 Å². The topological polar surface area (TPSA) is 61.1 Å². The van der Waals surface area contributed by atoms with Crippen molar-refractivity contribution < 1.29 is 9.90 Å². The average Bonchev–Trinajstić information content (AvgIpc) is 2.61. The zero-order valence-electron chi connectivity index (χ0n) is 7.23. The molecule has 0 bridgehead atoms.